The Balaban J connectivity index is 1.79. The molecule has 0 saturated heterocycles. The van der Waals surface area contributed by atoms with Gasteiger partial charge in [-0.1, -0.05) is 44.9 Å². The molecule has 1 atom stereocenters. The lowest BCUT2D eigenvalue weighted by Crippen LogP contribution is -2.39. The number of carboxylic acid groups (broad SMARTS) is 1. The van der Waals surface area contributed by atoms with Crippen molar-refractivity contribution in [2.24, 2.45) is 5.41 Å². The van der Waals surface area contributed by atoms with Crippen molar-refractivity contribution in [3.8, 4) is 5.75 Å². The molecule has 2 N–H and O–H groups in total. The SMILES string of the molecule is CCCCC1CN(c2ccccc2)c2cc(SCC)c(OCC3(C(=O)O)CC3)cc2S(=O)(=O)N1. The Hall–Kier alpha value is -2.23. The van der Waals surface area contributed by atoms with E-state index >= 15 is 0 Å². The second-order valence-corrected chi connectivity index (χ2v) is 12.0. The number of unbranched alkanes of at least 4 members (excludes halogenated alkanes) is 1. The van der Waals surface area contributed by atoms with Gasteiger partial charge in [0, 0.05) is 24.3 Å². The number of sulfonamides is 1. The van der Waals surface area contributed by atoms with Crippen molar-refractivity contribution in [2.75, 3.05) is 23.8 Å². The van der Waals surface area contributed by atoms with Gasteiger partial charge in [-0.15, -0.1) is 11.8 Å². The Morgan fingerprint density at radius 1 is 1.24 bits per heavy atom. The summed E-state index contributed by atoms with van der Waals surface area (Å²) in [6.07, 6.45) is 3.80. The van der Waals surface area contributed by atoms with Gasteiger partial charge in [-0.05, 0) is 43.2 Å². The molecule has 1 aliphatic heterocycles. The smallest absolute Gasteiger partial charge is 0.313 e. The molecule has 4 rings (SSSR count). The Labute approximate surface area is 205 Å². The quantitative estimate of drug-likeness (QED) is 0.438. The van der Waals surface area contributed by atoms with E-state index in [-0.39, 0.29) is 17.5 Å². The van der Waals surface area contributed by atoms with Crippen LogP contribution in [0.1, 0.15) is 46.0 Å². The number of ether oxygens (including phenoxy) is 1. The van der Waals surface area contributed by atoms with Gasteiger partial charge in [0.2, 0.25) is 10.0 Å². The number of hydrogen-bond donors (Lipinski definition) is 2. The fourth-order valence-corrected chi connectivity index (χ4v) is 6.45. The van der Waals surface area contributed by atoms with E-state index < -0.39 is 21.4 Å². The van der Waals surface area contributed by atoms with Gasteiger partial charge in [-0.3, -0.25) is 4.79 Å². The van der Waals surface area contributed by atoms with Crippen LogP contribution in [0.4, 0.5) is 11.4 Å². The van der Waals surface area contributed by atoms with Crippen LogP contribution in [0, 0.1) is 5.41 Å². The van der Waals surface area contributed by atoms with Gasteiger partial charge in [-0.2, -0.15) is 0 Å². The van der Waals surface area contributed by atoms with Crippen molar-refractivity contribution >= 4 is 39.1 Å². The summed E-state index contributed by atoms with van der Waals surface area (Å²) in [6, 6.07) is 13.0. The molecule has 184 valence electrons. The Morgan fingerprint density at radius 2 is 1.97 bits per heavy atom. The molecule has 2 aromatic carbocycles. The summed E-state index contributed by atoms with van der Waals surface area (Å²) in [5.74, 6) is 0.327. The molecular formula is C25H32N2O5S2. The number of rotatable bonds is 10. The van der Waals surface area contributed by atoms with E-state index in [1.54, 1.807) is 17.8 Å². The minimum atomic E-state index is -3.80. The normalized spacial score (nSPS) is 20.3. The van der Waals surface area contributed by atoms with E-state index in [4.69, 9.17) is 4.74 Å². The first kappa shape index (κ1) is 24.9. The predicted octanol–water partition coefficient (Wildman–Crippen LogP) is 5.03. The third-order valence-corrected chi connectivity index (χ3v) is 8.88. The monoisotopic (exact) mass is 504 g/mol. The first-order valence-corrected chi connectivity index (χ1v) is 14.3. The number of carbonyl (C=O) groups is 1. The van der Waals surface area contributed by atoms with Gasteiger partial charge in [0.1, 0.15) is 22.7 Å². The van der Waals surface area contributed by atoms with Crippen molar-refractivity contribution in [1.29, 1.82) is 0 Å². The maximum atomic E-state index is 13.5. The molecule has 1 fully saturated rings. The molecule has 0 aromatic heterocycles. The van der Waals surface area contributed by atoms with Gasteiger partial charge in [0.05, 0.1) is 10.6 Å². The number of hydrogen-bond acceptors (Lipinski definition) is 6. The molecule has 0 amide bonds. The number of carboxylic acids is 1. The number of thioether (sulfide) groups is 1. The summed E-state index contributed by atoms with van der Waals surface area (Å²) >= 11 is 1.56. The highest BCUT2D eigenvalue weighted by Crippen LogP contribution is 2.48. The standard InChI is InChI=1S/C25H32N2O5S2/c1-3-5-9-18-16-27(19-10-7-6-8-11-19)20-14-22(33-4-2)21(15-23(20)34(30,31)26-18)32-17-25(12-13-25)24(28)29/h6-8,10-11,14-15,18,26H,3-5,9,12-13,16-17H2,1-2H3,(H,28,29). The molecule has 9 heteroatoms. The molecule has 2 aromatic rings. The minimum absolute atomic E-state index is 0.0351. The van der Waals surface area contributed by atoms with Crippen LogP contribution in [0.3, 0.4) is 0 Å². The predicted molar refractivity (Wildman–Crippen MR) is 135 cm³/mol. The van der Waals surface area contributed by atoms with Gasteiger partial charge >= 0.3 is 5.97 Å². The van der Waals surface area contributed by atoms with Gasteiger partial charge < -0.3 is 14.7 Å². The van der Waals surface area contributed by atoms with Crippen molar-refractivity contribution in [2.45, 2.75) is 61.8 Å². The van der Waals surface area contributed by atoms with Crippen molar-refractivity contribution in [3.05, 3.63) is 42.5 Å². The first-order valence-electron chi connectivity index (χ1n) is 11.8. The van der Waals surface area contributed by atoms with Crippen molar-refractivity contribution in [3.63, 3.8) is 0 Å². The number of para-hydroxylation sites is 1. The Morgan fingerprint density at radius 3 is 2.59 bits per heavy atom. The van der Waals surface area contributed by atoms with Crippen LogP contribution in [0.25, 0.3) is 0 Å². The molecule has 1 saturated carbocycles. The number of aliphatic carboxylic acids is 1. The maximum Gasteiger partial charge on any atom is 0.313 e. The number of fused-ring (bicyclic) bond motifs is 1. The Kier molecular flexibility index (Phi) is 7.45. The molecule has 7 nitrogen and oxygen atoms in total. The lowest BCUT2D eigenvalue weighted by atomic mass is 10.1. The fraction of sp³-hybridized carbons (Fsp3) is 0.480. The molecule has 1 unspecified atom stereocenters. The molecule has 34 heavy (non-hydrogen) atoms. The average molecular weight is 505 g/mol. The van der Waals surface area contributed by atoms with E-state index in [1.165, 1.54) is 0 Å². The summed E-state index contributed by atoms with van der Waals surface area (Å²) in [5.41, 5.74) is 0.674. The zero-order chi connectivity index (χ0) is 24.3. The second-order valence-electron chi connectivity index (χ2n) is 8.98. The summed E-state index contributed by atoms with van der Waals surface area (Å²) in [6.45, 7) is 4.67. The third-order valence-electron chi connectivity index (χ3n) is 6.42. The van der Waals surface area contributed by atoms with E-state index in [1.807, 2.05) is 43.3 Å². The maximum absolute atomic E-state index is 13.5. The van der Waals surface area contributed by atoms with Crippen LogP contribution in [0.5, 0.6) is 5.75 Å². The summed E-state index contributed by atoms with van der Waals surface area (Å²) in [4.78, 5) is 14.7. The molecular weight excluding hydrogens is 472 g/mol. The molecule has 0 bridgehead atoms. The summed E-state index contributed by atoms with van der Waals surface area (Å²) in [7, 11) is -3.80. The number of nitrogens with one attached hydrogen (secondary N) is 1. The third kappa shape index (κ3) is 5.21. The van der Waals surface area contributed by atoms with Crippen LogP contribution >= 0.6 is 11.8 Å². The van der Waals surface area contributed by atoms with E-state index in [2.05, 4.69) is 16.5 Å². The number of benzene rings is 2. The summed E-state index contributed by atoms with van der Waals surface area (Å²) < 4.78 is 35.9. The van der Waals surface area contributed by atoms with Gasteiger partial charge in [0.25, 0.3) is 0 Å². The number of nitrogens with zero attached hydrogens (tertiary/aromatic N) is 1. The second kappa shape index (κ2) is 10.2. The van der Waals surface area contributed by atoms with Crippen LogP contribution in [-0.4, -0.2) is 44.4 Å². The van der Waals surface area contributed by atoms with Gasteiger partial charge in [-0.25, -0.2) is 13.1 Å². The molecule has 1 aliphatic carbocycles. The van der Waals surface area contributed by atoms with Gasteiger partial charge in [0.15, 0.2) is 0 Å². The van der Waals surface area contributed by atoms with Crippen molar-refractivity contribution < 1.29 is 23.1 Å². The highest BCUT2D eigenvalue weighted by molar-refractivity contribution is 7.99. The fourth-order valence-electron chi connectivity index (χ4n) is 4.22. The molecule has 0 radical (unpaired) electrons. The largest absolute Gasteiger partial charge is 0.491 e. The minimum Gasteiger partial charge on any atom is -0.491 e. The highest BCUT2D eigenvalue weighted by Gasteiger charge is 2.51. The topological polar surface area (TPSA) is 95.9 Å². The lowest BCUT2D eigenvalue weighted by molar-refractivity contribution is -0.144. The van der Waals surface area contributed by atoms with Crippen LogP contribution in [0.2, 0.25) is 0 Å². The van der Waals surface area contributed by atoms with E-state index in [0.29, 0.717) is 30.8 Å². The highest BCUT2D eigenvalue weighted by atomic mass is 32.2. The zero-order valence-electron chi connectivity index (χ0n) is 19.6. The lowest BCUT2D eigenvalue weighted by Gasteiger charge is -2.28. The number of anilines is 2. The van der Waals surface area contributed by atoms with E-state index in [9.17, 15) is 18.3 Å². The van der Waals surface area contributed by atoms with Crippen LogP contribution in [0.15, 0.2) is 52.3 Å². The average Bonchev–Trinajstić information content (AvgIpc) is 3.62. The van der Waals surface area contributed by atoms with Crippen LogP contribution < -0.4 is 14.4 Å². The molecule has 1 heterocycles. The molecule has 0 spiro atoms. The van der Waals surface area contributed by atoms with E-state index in [0.717, 1.165) is 35.6 Å². The zero-order valence-corrected chi connectivity index (χ0v) is 21.3. The van der Waals surface area contributed by atoms with Crippen LogP contribution in [-0.2, 0) is 14.8 Å². The summed E-state index contributed by atoms with van der Waals surface area (Å²) in [5, 5.41) is 9.53. The first-order chi connectivity index (χ1) is 16.3. The Bertz CT molecular complexity index is 1130. The van der Waals surface area contributed by atoms with Crippen molar-refractivity contribution in [1.82, 2.24) is 4.72 Å². The molecule has 2 aliphatic rings.